The number of aliphatic hydroxyl groups is 1. The second-order valence-electron chi connectivity index (χ2n) is 5.13. The summed E-state index contributed by atoms with van der Waals surface area (Å²) in [7, 11) is 2.15. The van der Waals surface area contributed by atoms with Gasteiger partial charge in [-0.2, -0.15) is 0 Å². The van der Waals surface area contributed by atoms with E-state index in [2.05, 4.69) is 22.6 Å². The summed E-state index contributed by atoms with van der Waals surface area (Å²) in [6.45, 7) is 4.81. The molecule has 0 spiro atoms. The number of likely N-dealkylation sites (N-methyl/N-ethyl adjacent to an activating group) is 1. The normalized spacial score (nSPS) is 38.4. The SMILES string of the molecule is CN1CCC(NCC2(O)CCCNC2)C1. The van der Waals surface area contributed by atoms with E-state index in [-0.39, 0.29) is 0 Å². The van der Waals surface area contributed by atoms with Crippen molar-refractivity contribution in [2.24, 2.45) is 0 Å². The fourth-order valence-corrected chi connectivity index (χ4v) is 2.54. The average Bonchev–Trinajstić information content (AvgIpc) is 2.63. The van der Waals surface area contributed by atoms with Gasteiger partial charge in [-0.3, -0.25) is 0 Å². The minimum absolute atomic E-state index is 0.514. The van der Waals surface area contributed by atoms with Gasteiger partial charge in [0.25, 0.3) is 0 Å². The highest BCUT2D eigenvalue weighted by Crippen LogP contribution is 2.15. The standard InChI is InChI=1S/C11H23N3O/c1-14-6-3-10(7-14)13-9-11(15)4-2-5-12-8-11/h10,12-13,15H,2-9H2,1H3. The predicted octanol–water partition coefficient (Wildman–Crippen LogP) is -0.605. The van der Waals surface area contributed by atoms with Crippen LogP contribution in [-0.2, 0) is 0 Å². The molecule has 0 aromatic rings. The third-order valence-electron chi connectivity index (χ3n) is 3.56. The van der Waals surface area contributed by atoms with Gasteiger partial charge in [0.05, 0.1) is 5.60 Å². The zero-order chi connectivity index (χ0) is 10.7. The fourth-order valence-electron chi connectivity index (χ4n) is 2.54. The largest absolute Gasteiger partial charge is 0.387 e. The number of hydrogen-bond donors (Lipinski definition) is 3. The number of rotatable bonds is 3. The first-order chi connectivity index (χ1) is 7.18. The maximum atomic E-state index is 10.3. The molecular formula is C11H23N3O. The van der Waals surface area contributed by atoms with Gasteiger partial charge in [-0.1, -0.05) is 0 Å². The highest BCUT2D eigenvalue weighted by atomic mass is 16.3. The van der Waals surface area contributed by atoms with Crippen molar-refractivity contribution in [3.63, 3.8) is 0 Å². The molecule has 4 nitrogen and oxygen atoms in total. The van der Waals surface area contributed by atoms with Crippen LogP contribution < -0.4 is 10.6 Å². The summed E-state index contributed by atoms with van der Waals surface area (Å²) < 4.78 is 0. The molecule has 4 heteroatoms. The van der Waals surface area contributed by atoms with Gasteiger partial charge in [0.2, 0.25) is 0 Å². The Hall–Kier alpha value is -0.160. The zero-order valence-corrected chi connectivity index (χ0v) is 9.63. The van der Waals surface area contributed by atoms with Crippen LogP contribution in [0, 0.1) is 0 Å². The number of β-amino-alcohol motifs (C(OH)–C–C–N with tert-alkyl or cyclic N) is 1. The van der Waals surface area contributed by atoms with Gasteiger partial charge < -0.3 is 20.6 Å². The molecule has 0 radical (unpaired) electrons. The Morgan fingerprint density at radius 3 is 3.07 bits per heavy atom. The van der Waals surface area contributed by atoms with Crippen LogP contribution in [-0.4, -0.2) is 61.4 Å². The van der Waals surface area contributed by atoms with Crippen LogP contribution in [0.4, 0.5) is 0 Å². The van der Waals surface area contributed by atoms with Gasteiger partial charge in [0, 0.05) is 25.7 Å². The third kappa shape index (κ3) is 3.14. The molecule has 2 aliphatic heterocycles. The Labute approximate surface area is 92.0 Å². The quantitative estimate of drug-likeness (QED) is 0.586. The minimum Gasteiger partial charge on any atom is -0.387 e. The fraction of sp³-hybridized carbons (Fsp3) is 1.00. The van der Waals surface area contributed by atoms with Crippen LogP contribution in [0.3, 0.4) is 0 Å². The van der Waals surface area contributed by atoms with Crippen molar-refractivity contribution < 1.29 is 5.11 Å². The first-order valence-electron chi connectivity index (χ1n) is 6.03. The molecule has 0 aliphatic carbocycles. The molecule has 2 saturated heterocycles. The van der Waals surface area contributed by atoms with Gasteiger partial charge in [-0.15, -0.1) is 0 Å². The first kappa shape index (κ1) is 11.3. The molecule has 2 atom stereocenters. The van der Waals surface area contributed by atoms with Gasteiger partial charge in [0.1, 0.15) is 0 Å². The molecule has 2 rings (SSSR count). The smallest absolute Gasteiger partial charge is 0.0895 e. The molecule has 0 aromatic carbocycles. The van der Waals surface area contributed by atoms with Crippen molar-refractivity contribution in [1.29, 1.82) is 0 Å². The van der Waals surface area contributed by atoms with Crippen LogP contribution in [0.15, 0.2) is 0 Å². The van der Waals surface area contributed by atoms with Crippen molar-refractivity contribution in [2.75, 3.05) is 39.8 Å². The summed E-state index contributed by atoms with van der Waals surface area (Å²) in [5, 5.41) is 17.0. The van der Waals surface area contributed by atoms with E-state index >= 15 is 0 Å². The summed E-state index contributed by atoms with van der Waals surface area (Å²) in [6.07, 6.45) is 3.22. The molecule has 0 saturated carbocycles. The van der Waals surface area contributed by atoms with Gasteiger partial charge >= 0.3 is 0 Å². The molecule has 0 amide bonds. The minimum atomic E-state index is -0.514. The maximum Gasteiger partial charge on any atom is 0.0895 e. The topological polar surface area (TPSA) is 47.5 Å². The Balaban J connectivity index is 1.72. The lowest BCUT2D eigenvalue weighted by Crippen LogP contribution is -2.53. The summed E-state index contributed by atoms with van der Waals surface area (Å²) in [4.78, 5) is 2.33. The lowest BCUT2D eigenvalue weighted by Gasteiger charge is -2.33. The van der Waals surface area contributed by atoms with Crippen LogP contribution >= 0.6 is 0 Å². The number of piperidine rings is 1. The summed E-state index contributed by atoms with van der Waals surface area (Å²) >= 11 is 0. The number of likely N-dealkylation sites (tertiary alicyclic amines) is 1. The van der Waals surface area contributed by atoms with E-state index in [1.807, 2.05) is 0 Å². The molecule has 2 aliphatic rings. The van der Waals surface area contributed by atoms with E-state index in [1.165, 1.54) is 13.0 Å². The highest BCUT2D eigenvalue weighted by molar-refractivity contribution is 4.89. The average molecular weight is 213 g/mol. The molecule has 88 valence electrons. The zero-order valence-electron chi connectivity index (χ0n) is 9.63. The van der Waals surface area contributed by atoms with Crippen molar-refractivity contribution in [3.8, 4) is 0 Å². The van der Waals surface area contributed by atoms with E-state index in [4.69, 9.17) is 0 Å². The Morgan fingerprint density at radius 2 is 2.47 bits per heavy atom. The number of hydrogen-bond acceptors (Lipinski definition) is 4. The van der Waals surface area contributed by atoms with Crippen LogP contribution in [0.25, 0.3) is 0 Å². The summed E-state index contributed by atoms with van der Waals surface area (Å²) in [5.74, 6) is 0. The monoisotopic (exact) mass is 213 g/mol. The van der Waals surface area contributed by atoms with E-state index in [0.29, 0.717) is 6.04 Å². The van der Waals surface area contributed by atoms with Crippen molar-refractivity contribution in [1.82, 2.24) is 15.5 Å². The molecule has 15 heavy (non-hydrogen) atoms. The van der Waals surface area contributed by atoms with Crippen LogP contribution in [0.1, 0.15) is 19.3 Å². The van der Waals surface area contributed by atoms with Crippen molar-refractivity contribution in [3.05, 3.63) is 0 Å². The highest BCUT2D eigenvalue weighted by Gasteiger charge is 2.30. The molecule has 0 bridgehead atoms. The summed E-state index contributed by atoms with van der Waals surface area (Å²) in [6, 6.07) is 0.570. The third-order valence-corrected chi connectivity index (χ3v) is 3.56. The Morgan fingerprint density at radius 1 is 1.60 bits per heavy atom. The lowest BCUT2D eigenvalue weighted by molar-refractivity contribution is 0.0150. The summed E-state index contributed by atoms with van der Waals surface area (Å²) in [5.41, 5.74) is -0.514. The van der Waals surface area contributed by atoms with E-state index in [0.717, 1.165) is 39.0 Å². The van der Waals surface area contributed by atoms with Crippen LogP contribution in [0.2, 0.25) is 0 Å². The first-order valence-corrected chi connectivity index (χ1v) is 6.03. The second-order valence-corrected chi connectivity index (χ2v) is 5.13. The molecule has 2 unspecified atom stereocenters. The van der Waals surface area contributed by atoms with Gasteiger partial charge in [-0.25, -0.2) is 0 Å². The van der Waals surface area contributed by atoms with Crippen molar-refractivity contribution in [2.45, 2.75) is 30.9 Å². The van der Waals surface area contributed by atoms with Crippen LogP contribution in [0.5, 0.6) is 0 Å². The Bertz CT molecular complexity index is 204. The van der Waals surface area contributed by atoms with Crippen molar-refractivity contribution >= 4 is 0 Å². The molecule has 2 fully saturated rings. The van der Waals surface area contributed by atoms with Gasteiger partial charge in [0.15, 0.2) is 0 Å². The van der Waals surface area contributed by atoms with E-state index in [9.17, 15) is 5.11 Å². The molecular weight excluding hydrogens is 190 g/mol. The van der Waals surface area contributed by atoms with E-state index in [1.54, 1.807) is 0 Å². The second kappa shape index (κ2) is 4.78. The number of nitrogens with one attached hydrogen (secondary N) is 2. The lowest BCUT2D eigenvalue weighted by atomic mass is 9.94. The predicted molar refractivity (Wildman–Crippen MR) is 61.0 cm³/mol. The maximum absolute atomic E-state index is 10.3. The Kier molecular flexibility index (Phi) is 3.61. The van der Waals surface area contributed by atoms with Gasteiger partial charge in [-0.05, 0) is 39.4 Å². The molecule has 3 N–H and O–H groups in total. The van der Waals surface area contributed by atoms with E-state index < -0.39 is 5.60 Å². The number of nitrogens with zero attached hydrogens (tertiary/aromatic N) is 1. The molecule has 0 aromatic heterocycles. The molecule has 2 heterocycles.